The Morgan fingerprint density at radius 3 is 2.25 bits per heavy atom. The Morgan fingerprint density at radius 2 is 2.12 bits per heavy atom. The highest BCUT2D eigenvalue weighted by atomic mass is 31.2. The summed E-state index contributed by atoms with van der Waals surface area (Å²) in [5, 5.41) is 0. The summed E-state index contributed by atoms with van der Waals surface area (Å²) in [6.07, 6.45) is 0.436. The van der Waals surface area contributed by atoms with Crippen LogP contribution in [0.3, 0.4) is 0 Å². The Bertz CT molecular complexity index is 60.0. The molecule has 1 atom stereocenters. The van der Waals surface area contributed by atoms with Crippen molar-refractivity contribution in [2.24, 2.45) is 11.7 Å². The molecule has 4 heteroatoms. The Balaban J connectivity index is 3.10. The lowest BCUT2D eigenvalue weighted by Crippen LogP contribution is -2.13. The van der Waals surface area contributed by atoms with Crippen LogP contribution in [0, 0.1) is 5.92 Å². The van der Waals surface area contributed by atoms with Gasteiger partial charge in [0.2, 0.25) is 0 Å². The third-order valence-corrected chi connectivity index (χ3v) is 1.83. The van der Waals surface area contributed by atoms with Crippen LogP contribution < -0.4 is 5.73 Å². The molecule has 0 aromatic heterocycles. The minimum absolute atomic E-state index is 0.233. The highest BCUT2D eigenvalue weighted by Crippen LogP contribution is 2.25. The minimum atomic E-state index is -1.73. The van der Waals surface area contributed by atoms with Crippen LogP contribution in [0.5, 0.6) is 0 Å². The highest BCUT2D eigenvalue weighted by Gasteiger charge is 2.04. The van der Waals surface area contributed by atoms with Crippen molar-refractivity contribution >= 4 is 8.38 Å². The third-order valence-electron chi connectivity index (χ3n) is 0.877. The third kappa shape index (κ3) is 4.47. The first-order valence-corrected chi connectivity index (χ1v) is 3.95. The van der Waals surface area contributed by atoms with Gasteiger partial charge < -0.3 is 15.5 Å². The second-order valence-corrected chi connectivity index (χ2v) is 3.01. The second kappa shape index (κ2) is 4.21. The van der Waals surface area contributed by atoms with E-state index >= 15 is 0 Å². The van der Waals surface area contributed by atoms with Gasteiger partial charge in [0.1, 0.15) is 0 Å². The Morgan fingerprint density at radius 1 is 1.62 bits per heavy atom. The largest absolute Gasteiger partial charge is 0.350 e. The van der Waals surface area contributed by atoms with E-state index in [2.05, 4.69) is 0 Å². The summed E-state index contributed by atoms with van der Waals surface area (Å²) in [5.41, 5.74) is 5.21. The van der Waals surface area contributed by atoms with E-state index in [-0.39, 0.29) is 5.92 Å². The van der Waals surface area contributed by atoms with Crippen LogP contribution in [0.1, 0.15) is 6.92 Å². The maximum Gasteiger partial charge on any atom is 0.165 e. The summed E-state index contributed by atoms with van der Waals surface area (Å²) in [4.78, 5) is 16.8. The molecule has 0 saturated heterocycles. The van der Waals surface area contributed by atoms with Crippen molar-refractivity contribution in [1.29, 1.82) is 0 Å². The highest BCUT2D eigenvalue weighted by molar-refractivity contribution is 7.45. The van der Waals surface area contributed by atoms with Crippen molar-refractivity contribution in [3.05, 3.63) is 0 Å². The van der Waals surface area contributed by atoms with Gasteiger partial charge in [0, 0.05) is 6.16 Å². The molecule has 0 rings (SSSR count). The molecule has 0 bridgehead atoms. The number of hydrogen-bond acceptors (Lipinski definition) is 3. The van der Waals surface area contributed by atoms with Crippen molar-refractivity contribution in [3.8, 4) is 0 Å². The van der Waals surface area contributed by atoms with Crippen molar-refractivity contribution in [3.63, 3.8) is 0 Å². The average Bonchev–Trinajstić information content (AvgIpc) is 1.65. The van der Waals surface area contributed by atoms with Gasteiger partial charge in [-0.1, -0.05) is 6.92 Å². The maximum absolute atomic E-state index is 8.42. The first kappa shape index (κ1) is 8.31. The zero-order chi connectivity index (χ0) is 6.57. The molecule has 0 aliphatic rings. The zero-order valence-electron chi connectivity index (χ0n) is 4.91. The lowest BCUT2D eigenvalue weighted by Gasteiger charge is -2.06. The van der Waals surface area contributed by atoms with Crippen molar-refractivity contribution < 1.29 is 9.79 Å². The van der Waals surface area contributed by atoms with Gasteiger partial charge in [-0.3, -0.25) is 0 Å². The number of nitrogens with two attached hydrogens (primary N) is 1. The standard InChI is InChI=1S/C4H12NO2P/c1-4(2-5)3-8(6)7/h4,6-7H,2-3,5H2,1H3. The van der Waals surface area contributed by atoms with Gasteiger partial charge in [-0.25, -0.2) is 0 Å². The van der Waals surface area contributed by atoms with Crippen molar-refractivity contribution in [1.82, 2.24) is 0 Å². The molecular weight excluding hydrogens is 125 g/mol. The molecule has 0 spiro atoms. The van der Waals surface area contributed by atoms with Crippen LogP contribution in [0.4, 0.5) is 0 Å². The van der Waals surface area contributed by atoms with E-state index in [1.807, 2.05) is 6.92 Å². The first-order valence-electron chi connectivity index (χ1n) is 2.52. The van der Waals surface area contributed by atoms with Crippen LogP contribution in [0.25, 0.3) is 0 Å². The van der Waals surface area contributed by atoms with Gasteiger partial charge in [0.25, 0.3) is 0 Å². The summed E-state index contributed by atoms with van der Waals surface area (Å²) in [5.74, 6) is 0.233. The first-order chi connectivity index (χ1) is 3.66. The molecule has 0 aliphatic carbocycles. The zero-order valence-corrected chi connectivity index (χ0v) is 5.80. The van der Waals surface area contributed by atoms with E-state index in [4.69, 9.17) is 15.5 Å². The minimum Gasteiger partial charge on any atom is -0.350 e. The Kier molecular flexibility index (Phi) is 4.38. The van der Waals surface area contributed by atoms with Crippen molar-refractivity contribution in [2.45, 2.75) is 6.92 Å². The molecule has 0 amide bonds. The lowest BCUT2D eigenvalue weighted by atomic mass is 10.2. The van der Waals surface area contributed by atoms with Gasteiger partial charge in [-0.2, -0.15) is 0 Å². The fourth-order valence-corrected chi connectivity index (χ4v) is 1.06. The molecular formula is C4H12NO2P. The monoisotopic (exact) mass is 137 g/mol. The fraction of sp³-hybridized carbons (Fsp3) is 1.00. The van der Waals surface area contributed by atoms with Gasteiger partial charge in [0.05, 0.1) is 0 Å². The Hall–Kier alpha value is 0.310. The molecule has 0 aromatic rings. The van der Waals surface area contributed by atoms with Crippen LogP contribution in [0.2, 0.25) is 0 Å². The van der Waals surface area contributed by atoms with Crippen LogP contribution >= 0.6 is 8.38 Å². The quantitative estimate of drug-likeness (QED) is 0.475. The summed E-state index contributed by atoms with van der Waals surface area (Å²) >= 11 is 0. The topological polar surface area (TPSA) is 66.5 Å². The maximum atomic E-state index is 8.42. The molecule has 1 unspecified atom stereocenters. The van der Waals surface area contributed by atoms with E-state index in [0.717, 1.165) is 0 Å². The number of hydrogen-bond donors (Lipinski definition) is 3. The molecule has 4 N–H and O–H groups in total. The predicted octanol–water partition coefficient (Wildman–Crippen LogP) is -0.122. The molecule has 50 valence electrons. The van der Waals surface area contributed by atoms with Crippen LogP contribution in [0.15, 0.2) is 0 Å². The fourth-order valence-electron chi connectivity index (χ4n) is 0.353. The summed E-state index contributed by atoms with van der Waals surface area (Å²) in [6.45, 7) is 2.42. The van der Waals surface area contributed by atoms with Gasteiger partial charge in [0.15, 0.2) is 8.38 Å². The van der Waals surface area contributed by atoms with E-state index in [1.54, 1.807) is 0 Å². The molecule has 8 heavy (non-hydrogen) atoms. The molecule has 0 aromatic carbocycles. The normalized spacial score (nSPS) is 14.6. The van der Waals surface area contributed by atoms with Crippen LogP contribution in [-0.4, -0.2) is 22.5 Å². The molecule has 0 saturated carbocycles. The van der Waals surface area contributed by atoms with E-state index in [1.165, 1.54) is 0 Å². The summed E-state index contributed by atoms with van der Waals surface area (Å²) in [7, 11) is -1.73. The van der Waals surface area contributed by atoms with E-state index in [0.29, 0.717) is 12.7 Å². The van der Waals surface area contributed by atoms with Crippen LogP contribution in [-0.2, 0) is 0 Å². The average molecular weight is 137 g/mol. The van der Waals surface area contributed by atoms with Crippen molar-refractivity contribution in [2.75, 3.05) is 12.7 Å². The predicted molar refractivity (Wildman–Crippen MR) is 34.4 cm³/mol. The van der Waals surface area contributed by atoms with Gasteiger partial charge >= 0.3 is 0 Å². The SMILES string of the molecule is CC(CN)CP(O)O. The smallest absolute Gasteiger partial charge is 0.165 e. The molecule has 0 aliphatic heterocycles. The summed E-state index contributed by atoms with van der Waals surface area (Å²) in [6, 6.07) is 0. The Labute approximate surface area is 50.4 Å². The van der Waals surface area contributed by atoms with E-state index in [9.17, 15) is 0 Å². The van der Waals surface area contributed by atoms with E-state index < -0.39 is 8.38 Å². The molecule has 0 heterocycles. The number of rotatable bonds is 3. The second-order valence-electron chi connectivity index (χ2n) is 1.90. The lowest BCUT2D eigenvalue weighted by molar-refractivity contribution is 0.468. The van der Waals surface area contributed by atoms with Gasteiger partial charge in [-0.05, 0) is 12.5 Å². The molecule has 3 nitrogen and oxygen atoms in total. The molecule has 0 radical (unpaired) electrons. The van der Waals surface area contributed by atoms with Gasteiger partial charge in [-0.15, -0.1) is 0 Å². The summed E-state index contributed by atoms with van der Waals surface area (Å²) < 4.78 is 0. The molecule has 0 fully saturated rings.